The minimum absolute atomic E-state index is 0.584. The summed E-state index contributed by atoms with van der Waals surface area (Å²) in [6.07, 6.45) is 8.64. The van der Waals surface area contributed by atoms with E-state index in [0.717, 1.165) is 12.2 Å². The average molecular weight is 307 g/mol. The SMILES string of the molecule is COc1cc(C#N)ccc1OCCCCCCCCCS. The molecule has 0 aromatic heterocycles. The Balaban J connectivity index is 2.17. The van der Waals surface area contributed by atoms with E-state index in [9.17, 15) is 0 Å². The Labute approximate surface area is 133 Å². The largest absolute Gasteiger partial charge is 0.493 e. The molecule has 0 saturated heterocycles. The Hall–Kier alpha value is -1.34. The second-order valence-corrected chi connectivity index (χ2v) is 5.47. The number of hydrogen-bond acceptors (Lipinski definition) is 4. The third kappa shape index (κ3) is 7.29. The number of unbranched alkanes of at least 4 members (excludes halogenated alkanes) is 6. The molecule has 0 bridgehead atoms. The minimum atomic E-state index is 0.584. The zero-order chi connectivity index (χ0) is 15.3. The van der Waals surface area contributed by atoms with Crippen molar-refractivity contribution >= 4 is 12.6 Å². The molecule has 116 valence electrons. The van der Waals surface area contributed by atoms with Crippen LogP contribution < -0.4 is 9.47 Å². The van der Waals surface area contributed by atoms with Crippen LogP contribution in [0.15, 0.2) is 18.2 Å². The van der Waals surface area contributed by atoms with E-state index in [1.807, 2.05) is 0 Å². The van der Waals surface area contributed by atoms with Crippen LogP contribution in [0.3, 0.4) is 0 Å². The zero-order valence-electron chi connectivity index (χ0n) is 12.8. The number of methoxy groups -OCH3 is 1. The van der Waals surface area contributed by atoms with E-state index in [4.69, 9.17) is 14.7 Å². The van der Waals surface area contributed by atoms with Crippen LogP contribution in [-0.2, 0) is 0 Å². The molecule has 0 aliphatic carbocycles. The van der Waals surface area contributed by atoms with Crippen molar-refractivity contribution in [3.8, 4) is 17.6 Å². The van der Waals surface area contributed by atoms with Crippen molar-refractivity contribution in [1.82, 2.24) is 0 Å². The van der Waals surface area contributed by atoms with E-state index in [1.54, 1.807) is 25.3 Å². The van der Waals surface area contributed by atoms with Gasteiger partial charge in [0.2, 0.25) is 0 Å². The first-order valence-corrected chi connectivity index (χ1v) is 8.27. The van der Waals surface area contributed by atoms with Gasteiger partial charge in [-0.05, 0) is 30.7 Å². The van der Waals surface area contributed by atoms with Gasteiger partial charge in [0, 0.05) is 6.07 Å². The summed E-state index contributed by atoms with van der Waals surface area (Å²) in [5, 5.41) is 8.85. The molecule has 21 heavy (non-hydrogen) atoms. The summed E-state index contributed by atoms with van der Waals surface area (Å²) in [6, 6.07) is 7.35. The first-order valence-electron chi connectivity index (χ1n) is 7.63. The standard InChI is InChI=1S/C17H25NO2S/c1-19-17-13-15(14-18)9-10-16(17)20-11-7-5-3-2-4-6-8-12-21/h9-10,13,21H,2-8,11-12H2,1H3. The maximum atomic E-state index is 8.85. The molecule has 0 atom stereocenters. The third-order valence-corrected chi connectivity index (χ3v) is 3.67. The zero-order valence-corrected chi connectivity index (χ0v) is 13.7. The van der Waals surface area contributed by atoms with E-state index in [0.29, 0.717) is 23.7 Å². The average Bonchev–Trinajstić information content (AvgIpc) is 2.53. The van der Waals surface area contributed by atoms with E-state index in [2.05, 4.69) is 18.7 Å². The van der Waals surface area contributed by atoms with Crippen LogP contribution in [0.5, 0.6) is 11.5 Å². The van der Waals surface area contributed by atoms with Gasteiger partial charge in [-0.25, -0.2) is 0 Å². The molecule has 4 heteroatoms. The quantitative estimate of drug-likeness (QED) is 0.479. The van der Waals surface area contributed by atoms with Gasteiger partial charge < -0.3 is 9.47 Å². The summed E-state index contributed by atoms with van der Waals surface area (Å²) in [4.78, 5) is 0. The van der Waals surface area contributed by atoms with Gasteiger partial charge in [-0.15, -0.1) is 0 Å². The second-order valence-electron chi connectivity index (χ2n) is 5.02. The van der Waals surface area contributed by atoms with Crippen LogP contribution in [0.1, 0.15) is 50.5 Å². The van der Waals surface area contributed by atoms with E-state index < -0.39 is 0 Å². The van der Waals surface area contributed by atoms with E-state index in [-0.39, 0.29) is 0 Å². The molecule has 0 heterocycles. The third-order valence-electron chi connectivity index (χ3n) is 3.35. The van der Waals surface area contributed by atoms with Crippen LogP contribution in [-0.4, -0.2) is 19.5 Å². The Morgan fingerprint density at radius 3 is 2.29 bits per heavy atom. The lowest BCUT2D eigenvalue weighted by molar-refractivity contribution is 0.284. The number of nitrogens with zero attached hydrogens (tertiary/aromatic N) is 1. The van der Waals surface area contributed by atoms with Crippen molar-refractivity contribution in [3.63, 3.8) is 0 Å². The highest BCUT2D eigenvalue weighted by Crippen LogP contribution is 2.28. The molecule has 0 aliphatic heterocycles. The summed E-state index contributed by atoms with van der Waals surface area (Å²) in [7, 11) is 1.59. The summed E-state index contributed by atoms with van der Waals surface area (Å²) in [5.41, 5.74) is 0.584. The lowest BCUT2D eigenvalue weighted by Gasteiger charge is -2.10. The summed E-state index contributed by atoms with van der Waals surface area (Å²) >= 11 is 4.21. The highest BCUT2D eigenvalue weighted by molar-refractivity contribution is 7.80. The fraction of sp³-hybridized carbons (Fsp3) is 0.588. The Morgan fingerprint density at radius 2 is 1.67 bits per heavy atom. The maximum Gasteiger partial charge on any atom is 0.162 e. The van der Waals surface area contributed by atoms with Crippen LogP contribution in [0.2, 0.25) is 0 Å². The van der Waals surface area contributed by atoms with Gasteiger partial charge in [0.05, 0.1) is 25.3 Å². The number of thiol groups is 1. The summed E-state index contributed by atoms with van der Waals surface area (Å²) in [5.74, 6) is 2.34. The Kier molecular flexibility index (Phi) is 9.56. The van der Waals surface area contributed by atoms with Gasteiger partial charge in [-0.1, -0.05) is 32.1 Å². The molecular formula is C17H25NO2S. The molecule has 0 unspecified atom stereocenters. The predicted octanol–water partition coefficient (Wildman–Crippen LogP) is 4.61. The number of nitriles is 1. The van der Waals surface area contributed by atoms with Gasteiger partial charge in [0.15, 0.2) is 11.5 Å². The fourth-order valence-electron chi connectivity index (χ4n) is 2.14. The number of hydrogen-bond donors (Lipinski definition) is 1. The molecule has 1 aromatic rings. The van der Waals surface area contributed by atoms with Gasteiger partial charge in [0.25, 0.3) is 0 Å². The van der Waals surface area contributed by atoms with E-state index in [1.165, 1.54) is 38.5 Å². The highest BCUT2D eigenvalue weighted by atomic mass is 32.1. The van der Waals surface area contributed by atoms with Gasteiger partial charge in [-0.3, -0.25) is 0 Å². The number of benzene rings is 1. The fourth-order valence-corrected chi connectivity index (χ4v) is 2.36. The highest BCUT2D eigenvalue weighted by Gasteiger charge is 2.05. The minimum Gasteiger partial charge on any atom is -0.493 e. The van der Waals surface area contributed by atoms with Gasteiger partial charge >= 0.3 is 0 Å². The molecule has 3 nitrogen and oxygen atoms in total. The van der Waals surface area contributed by atoms with Gasteiger partial charge in [-0.2, -0.15) is 17.9 Å². The van der Waals surface area contributed by atoms with E-state index >= 15 is 0 Å². The summed E-state index contributed by atoms with van der Waals surface area (Å²) in [6.45, 7) is 0.693. The molecule has 1 aromatic carbocycles. The van der Waals surface area contributed by atoms with Crippen molar-refractivity contribution in [2.24, 2.45) is 0 Å². The Morgan fingerprint density at radius 1 is 1.00 bits per heavy atom. The Bertz CT molecular complexity index is 443. The van der Waals surface area contributed by atoms with Crippen molar-refractivity contribution in [2.75, 3.05) is 19.5 Å². The lowest BCUT2D eigenvalue weighted by atomic mass is 10.1. The first kappa shape index (κ1) is 17.7. The van der Waals surface area contributed by atoms with Crippen molar-refractivity contribution < 1.29 is 9.47 Å². The monoisotopic (exact) mass is 307 g/mol. The van der Waals surface area contributed by atoms with Crippen molar-refractivity contribution in [2.45, 2.75) is 44.9 Å². The van der Waals surface area contributed by atoms with Crippen LogP contribution >= 0.6 is 12.6 Å². The summed E-state index contributed by atoms with van der Waals surface area (Å²) < 4.78 is 11.0. The molecular weight excluding hydrogens is 282 g/mol. The molecule has 0 amide bonds. The molecule has 0 aliphatic rings. The first-order chi connectivity index (χ1) is 10.3. The molecule has 0 saturated carbocycles. The second kappa shape index (κ2) is 11.3. The smallest absolute Gasteiger partial charge is 0.162 e. The van der Waals surface area contributed by atoms with Gasteiger partial charge in [0.1, 0.15) is 0 Å². The molecule has 0 radical (unpaired) electrons. The van der Waals surface area contributed by atoms with Crippen molar-refractivity contribution in [3.05, 3.63) is 23.8 Å². The molecule has 0 fully saturated rings. The van der Waals surface area contributed by atoms with Crippen LogP contribution in [0, 0.1) is 11.3 Å². The van der Waals surface area contributed by atoms with Crippen LogP contribution in [0.25, 0.3) is 0 Å². The number of rotatable bonds is 11. The molecule has 0 spiro atoms. The topological polar surface area (TPSA) is 42.2 Å². The van der Waals surface area contributed by atoms with Crippen LogP contribution in [0.4, 0.5) is 0 Å². The van der Waals surface area contributed by atoms with Crippen molar-refractivity contribution in [1.29, 1.82) is 5.26 Å². The lowest BCUT2D eigenvalue weighted by Crippen LogP contribution is -1.99. The number of ether oxygens (including phenoxy) is 2. The molecule has 0 N–H and O–H groups in total. The predicted molar refractivity (Wildman–Crippen MR) is 89.4 cm³/mol. The molecule has 1 rings (SSSR count). The normalized spacial score (nSPS) is 10.1. The maximum absolute atomic E-state index is 8.85.